The molecule has 0 radical (unpaired) electrons. The summed E-state index contributed by atoms with van der Waals surface area (Å²) in [5.41, 5.74) is 0.631. The maximum absolute atomic E-state index is 12.4. The number of nitrogens with one attached hydrogen (secondary N) is 3. The number of aromatic nitrogens is 1. The van der Waals surface area contributed by atoms with Crippen LogP contribution in [-0.2, 0) is 11.2 Å². The minimum Gasteiger partial charge on any atom is -0.480 e. The fraction of sp³-hybridized carbons (Fsp3) is 0.263. The number of amides is 2. The number of urea groups is 1. The lowest BCUT2D eigenvalue weighted by Crippen LogP contribution is -2.30. The minimum atomic E-state index is -1.10. The second kappa shape index (κ2) is 8.74. The topological polar surface area (TPSA) is 134 Å². The second-order valence-electron chi connectivity index (χ2n) is 6.35. The standard InChI is InChI=1S/C19H20N4O5S/c1-10-13(22-18(27)20-8-7-12-4-3-9-29-12)5-6-14-15(10)16(24)23-19(28-14)21-11(2)17(25)26/h3-6,9,11H,7-8H2,1-2H3,(H,25,26)(H2,20,22,27)(H,21,23,24)/t11-/m0/s1. The summed E-state index contributed by atoms with van der Waals surface area (Å²) in [6.07, 6.45) is 0.736. The first-order valence-electron chi connectivity index (χ1n) is 8.86. The normalized spacial score (nSPS) is 11.8. The van der Waals surface area contributed by atoms with Crippen LogP contribution in [0.4, 0.5) is 16.5 Å². The summed E-state index contributed by atoms with van der Waals surface area (Å²) < 4.78 is 5.50. The van der Waals surface area contributed by atoms with Crippen LogP contribution in [0.5, 0.6) is 0 Å². The fourth-order valence-corrected chi connectivity index (χ4v) is 3.39. The third-order valence-corrected chi connectivity index (χ3v) is 5.18. The molecular formula is C19H20N4O5S. The van der Waals surface area contributed by atoms with Gasteiger partial charge in [-0.05, 0) is 49.4 Å². The van der Waals surface area contributed by atoms with E-state index in [1.54, 1.807) is 24.3 Å². The van der Waals surface area contributed by atoms with Gasteiger partial charge < -0.3 is 25.5 Å². The number of carboxylic acids is 1. The molecule has 0 unspecified atom stereocenters. The van der Waals surface area contributed by atoms with E-state index in [0.717, 1.165) is 6.42 Å². The highest BCUT2D eigenvalue weighted by atomic mass is 32.1. The second-order valence-corrected chi connectivity index (χ2v) is 7.38. The van der Waals surface area contributed by atoms with E-state index in [9.17, 15) is 14.4 Å². The zero-order valence-electron chi connectivity index (χ0n) is 15.8. The van der Waals surface area contributed by atoms with Crippen LogP contribution in [-0.4, -0.2) is 34.7 Å². The molecule has 9 nitrogen and oxygen atoms in total. The third kappa shape index (κ3) is 4.91. The predicted octanol–water partition coefficient (Wildman–Crippen LogP) is 2.81. The number of carbonyl (C=O) groups excluding carboxylic acids is 1. The first-order valence-corrected chi connectivity index (χ1v) is 9.74. The number of nitrogens with zero attached hydrogens (tertiary/aromatic N) is 1. The van der Waals surface area contributed by atoms with Crippen LogP contribution in [0.2, 0.25) is 0 Å². The number of thiophene rings is 1. The van der Waals surface area contributed by atoms with E-state index in [4.69, 9.17) is 9.52 Å². The number of aryl methyl sites for hydroxylation is 1. The lowest BCUT2D eigenvalue weighted by atomic mass is 10.1. The van der Waals surface area contributed by atoms with Crippen LogP contribution < -0.4 is 21.5 Å². The van der Waals surface area contributed by atoms with Gasteiger partial charge in [0.15, 0.2) is 0 Å². The minimum absolute atomic E-state index is 0.177. The highest BCUT2D eigenvalue weighted by Crippen LogP contribution is 2.24. The van der Waals surface area contributed by atoms with E-state index in [1.165, 1.54) is 17.9 Å². The first kappa shape index (κ1) is 20.3. The molecule has 1 atom stereocenters. The van der Waals surface area contributed by atoms with Gasteiger partial charge in [0.25, 0.3) is 11.6 Å². The van der Waals surface area contributed by atoms with E-state index in [2.05, 4.69) is 20.9 Å². The summed E-state index contributed by atoms with van der Waals surface area (Å²) in [7, 11) is 0. The SMILES string of the molecule is Cc1c(NC(=O)NCCc2cccs2)ccc2oc(N[C@@H](C)C(=O)O)nc(=O)c12. The van der Waals surface area contributed by atoms with Gasteiger partial charge in [-0.1, -0.05) is 6.07 Å². The van der Waals surface area contributed by atoms with E-state index in [0.29, 0.717) is 17.8 Å². The van der Waals surface area contributed by atoms with Gasteiger partial charge in [0.1, 0.15) is 11.6 Å². The van der Waals surface area contributed by atoms with Crippen LogP contribution in [0.25, 0.3) is 11.0 Å². The Morgan fingerprint density at radius 1 is 1.31 bits per heavy atom. The molecular weight excluding hydrogens is 396 g/mol. The van der Waals surface area contributed by atoms with Crippen molar-refractivity contribution in [2.45, 2.75) is 26.3 Å². The monoisotopic (exact) mass is 416 g/mol. The molecule has 0 saturated carbocycles. The van der Waals surface area contributed by atoms with Crippen LogP contribution >= 0.6 is 11.3 Å². The number of hydrogen-bond acceptors (Lipinski definition) is 7. The van der Waals surface area contributed by atoms with Crippen LogP contribution in [0, 0.1) is 6.92 Å². The average molecular weight is 416 g/mol. The Morgan fingerprint density at radius 2 is 2.10 bits per heavy atom. The third-order valence-electron chi connectivity index (χ3n) is 4.25. The van der Waals surface area contributed by atoms with Gasteiger partial charge in [-0.25, -0.2) is 4.79 Å². The van der Waals surface area contributed by atoms with Crippen LogP contribution in [0.15, 0.2) is 38.9 Å². The Morgan fingerprint density at radius 3 is 2.79 bits per heavy atom. The molecule has 29 heavy (non-hydrogen) atoms. The molecule has 0 fully saturated rings. The number of aliphatic carboxylic acids is 1. The lowest BCUT2D eigenvalue weighted by Gasteiger charge is -2.12. The number of hydrogen-bond donors (Lipinski definition) is 4. The van der Waals surface area contributed by atoms with Crippen molar-refractivity contribution in [2.75, 3.05) is 17.2 Å². The average Bonchev–Trinajstić information content (AvgIpc) is 3.17. The van der Waals surface area contributed by atoms with Gasteiger partial charge in [-0.3, -0.25) is 9.59 Å². The molecule has 0 aliphatic heterocycles. The molecule has 3 rings (SSSR count). The molecule has 0 aliphatic rings. The van der Waals surface area contributed by atoms with Crippen molar-refractivity contribution in [1.29, 1.82) is 0 Å². The van der Waals surface area contributed by atoms with Gasteiger partial charge in [-0.15, -0.1) is 11.3 Å². The van der Waals surface area contributed by atoms with Crippen molar-refractivity contribution in [1.82, 2.24) is 10.3 Å². The summed E-state index contributed by atoms with van der Waals surface area (Å²) in [6, 6.07) is 5.58. The molecule has 0 aliphatic carbocycles. The molecule has 152 valence electrons. The Labute approximate surface area is 169 Å². The fourth-order valence-electron chi connectivity index (χ4n) is 2.68. The largest absolute Gasteiger partial charge is 0.480 e. The smallest absolute Gasteiger partial charge is 0.325 e. The van der Waals surface area contributed by atoms with E-state index < -0.39 is 17.6 Å². The van der Waals surface area contributed by atoms with Crippen molar-refractivity contribution >= 4 is 46.0 Å². The highest BCUT2D eigenvalue weighted by molar-refractivity contribution is 7.09. The van der Waals surface area contributed by atoms with Crippen molar-refractivity contribution < 1.29 is 19.1 Å². The number of carbonyl (C=O) groups is 2. The van der Waals surface area contributed by atoms with Crippen LogP contribution in [0.1, 0.15) is 17.4 Å². The van der Waals surface area contributed by atoms with Crippen molar-refractivity contribution in [3.05, 3.63) is 50.4 Å². The molecule has 4 N–H and O–H groups in total. The van der Waals surface area contributed by atoms with E-state index >= 15 is 0 Å². The Bertz CT molecular complexity index is 1090. The zero-order chi connectivity index (χ0) is 21.0. The lowest BCUT2D eigenvalue weighted by molar-refractivity contribution is -0.137. The molecule has 2 aromatic heterocycles. The predicted molar refractivity (Wildman–Crippen MR) is 111 cm³/mol. The number of carboxylic acid groups (broad SMARTS) is 1. The summed E-state index contributed by atoms with van der Waals surface area (Å²) in [5.74, 6) is -1.10. The molecule has 0 bridgehead atoms. The number of fused-ring (bicyclic) bond motifs is 1. The number of rotatable bonds is 7. The van der Waals surface area contributed by atoms with Crippen molar-refractivity contribution in [2.24, 2.45) is 0 Å². The van der Waals surface area contributed by atoms with Gasteiger partial charge in [0.05, 0.1) is 5.39 Å². The molecule has 3 aromatic rings. The Kier molecular flexibility index (Phi) is 6.13. The molecule has 0 saturated heterocycles. The molecule has 2 heterocycles. The van der Waals surface area contributed by atoms with Gasteiger partial charge >= 0.3 is 12.0 Å². The van der Waals surface area contributed by atoms with Gasteiger partial charge in [0.2, 0.25) is 0 Å². The van der Waals surface area contributed by atoms with Crippen molar-refractivity contribution in [3.63, 3.8) is 0 Å². The number of benzene rings is 1. The van der Waals surface area contributed by atoms with Gasteiger partial charge in [0, 0.05) is 17.1 Å². The summed E-state index contributed by atoms with van der Waals surface area (Å²) in [5, 5.41) is 19.2. The molecule has 10 heteroatoms. The Balaban J connectivity index is 1.73. The van der Waals surface area contributed by atoms with E-state index in [-0.39, 0.29) is 23.0 Å². The quantitative estimate of drug-likeness (QED) is 0.465. The van der Waals surface area contributed by atoms with Gasteiger partial charge in [-0.2, -0.15) is 4.98 Å². The maximum Gasteiger partial charge on any atom is 0.325 e. The summed E-state index contributed by atoms with van der Waals surface area (Å²) >= 11 is 1.63. The zero-order valence-corrected chi connectivity index (χ0v) is 16.6. The Hall–Kier alpha value is -3.40. The molecule has 1 aromatic carbocycles. The van der Waals surface area contributed by atoms with Crippen molar-refractivity contribution in [3.8, 4) is 0 Å². The van der Waals surface area contributed by atoms with Crippen LogP contribution in [0.3, 0.4) is 0 Å². The summed E-state index contributed by atoms with van der Waals surface area (Å²) in [4.78, 5) is 40.5. The maximum atomic E-state index is 12.4. The summed E-state index contributed by atoms with van der Waals surface area (Å²) in [6.45, 7) is 3.57. The first-order chi connectivity index (χ1) is 13.8. The van der Waals surface area contributed by atoms with E-state index in [1.807, 2.05) is 17.5 Å². The molecule has 2 amide bonds. The number of anilines is 2. The molecule has 0 spiro atoms. The highest BCUT2D eigenvalue weighted by Gasteiger charge is 2.16.